The molecule has 2 amide bonds. The van der Waals surface area contributed by atoms with Crippen LogP contribution in [0.4, 0.5) is 0 Å². The number of β-amino-alcohol motifs (C(OH)–C–C–N with tert-alkyl or cyclic N) is 1. The summed E-state index contributed by atoms with van der Waals surface area (Å²) in [7, 11) is 0. The number of piperidine rings is 1. The fraction of sp³-hybridized carbons (Fsp3) is 0.300. The van der Waals surface area contributed by atoms with Crippen molar-refractivity contribution < 1.29 is 14.7 Å². The van der Waals surface area contributed by atoms with E-state index in [1.807, 2.05) is 12.1 Å². The molecule has 1 aliphatic rings. The highest BCUT2D eigenvalue weighted by molar-refractivity contribution is 6.30. The van der Waals surface area contributed by atoms with Crippen molar-refractivity contribution in [2.45, 2.75) is 25.5 Å². The fourth-order valence-electron chi connectivity index (χ4n) is 3.00. The zero-order valence-corrected chi connectivity index (χ0v) is 15.1. The first-order valence-electron chi connectivity index (χ1n) is 8.63. The molecule has 3 rings (SSSR count). The summed E-state index contributed by atoms with van der Waals surface area (Å²) in [6.07, 6.45) is 1.03. The Bertz CT molecular complexity index is 792. The highest BCUT2D eigenvalue weighted by Gasteiger charge is 2.23. The van der Waals surface area contributed by atoms with Gasteiger partial charge in [-0.2, -0.15) is 0 Å². The van der Waals surface area contributed by atoms with Gasteiger partial charge in [0.25, 0.3) is 11.8 Å². The van der Waals surface area contributed by atoms with Gasteiger partial charge in [-0.3, -0.25) is 9.59 Å². The number of nitrogens with one attached hydrogen (secondary N) is 1. The van der Waals surface area contributed by atoms with E-state index in [4.69, 9.17) is 11.6 Å². The van der Waals surface area contributed by atoms with Crippen molar-refractivity contribution >= 4 is 23.4 Å². The Morgan fingerprint density at radius 3 is 2.62 bits per heavy atom. The molecule has 2 aromatic carbocycles. The summed E-state index contributed by atoms with van der Waals surface area (Å²) in [6, 6.07) is 13.9. The average molecular weight is 373 g/mol. The molecule has 0 aliphatic carbocycles. The van der Waals surface area contributed by atoms with Crippen molar-refractivity contribution in [1.82, 2.24) is 10.2 Å². The highest BCUT2D eigenvalue weighted by Crippen LogP contribution is 2.15. The van der Waals surface area contributed by atoms with Crippen molar-refractivity contribution in [1.29, 1.82) is 0 Å². The molecule has 0 spiro atoms. The zero-order valence-electron chi connectivity index (χ0n) is 14.3. The maximum Gasteiger partial charge on any atom is 0.253 e. The molecule has 136 valence electrons. The lowest BCUT2D eigenvalue weighted by Gasteiger charge is -2.30. The summed E-state index contributed by atoms with van der Waals surface area (Å²) < 4.78 is 0. The van der Waals surface area contributed by atoms with E-state index in [-0.39, 0.29) is 11.8 Å². The third kappa shape index (κ3) is 4.62. The number of benzene rings is 2. The summed E-state index contributed by atoms with van der Waals surface area (Å²) in [5, 5.41) is 13.2. The van der Waals surface area contributed by atoms with Crippen LogP contribution in [0.1, 0.15) is 39.1 Å². The molecule has 1 fully saturated rings. The van der Waals surface area contributed by atoms with E-state index in [1.165, 1.54) is 0 Å². The monoisotopic (exact) mass is 372 g/mol. The van der Waals surface area contributed by atoms with Crippen molar-refractivity contribution in [3.63, 3.8) is 0 Å². The second kappa shape index (κ2) is 8.34. The van der Waals surface area contributed by atoms with Crippen molar-refractivity contribution in [3.05, 3.63) is 70.2 Å². The Kier molecular flexibility index (Phi) is 5.91. The molecule has 0 saturated carbocycles. The number of rotatable bonds is 4. The van der Waals surface area contributed by atoms with E-state index in [0.717, 1.165) is 18.4 Å². The highest BCUT2D eigenvalue weighted by atomic mass is 35.5. The molecular weight excluding hydrogens is 352 g/mol. The molecule has 6 heteroatoms. The van der Waals surface area contributed by atoms with Crippen LogP contribution in [0.25, 0.3) is 0 Å². The first-order chi connectivity index (χ1) is 12.5. The molecule has 2 aromatic rings. The molecule has 1 atom stereocenters. The Labute approximate surface area is 157 Å². The van der Waals surface area contributed by atoms with E-state index < -0.39 is 6.10 Å². The Hall–Kier alpha value is -2.37. The number of amides is 2. The van der Waals surface area contributed by atoms with E-state index in [2.05, 4.69) is 5.32 Å². The largest absolute Gasteiger partial charge is 0.391 e. The minimum Gasteiger partial charge on any atom is -0.391 e. The third-order valence-corrected chi connectivity index (χ3v) is 4.67. The van der Waals surface area contributed by atoms with Gasteiger partial charge in [-0.05, 0) is 48.7 Å². The molecule has 0 aromatic heterocycles. The van der Waals surface area contributed by atoms with Gasteiger partial charge in [0, 0.05) is 35.8 Å². The Morgan fingerprint density at radius 1 is 1.15 bits per heavy atom. The van der Waals surface area contributed by atoms with Crippen LogP contribution in [-0.2, 0) is 6.54 Å². The zero-order chi connectivity index (χ0) is 18.5. The second-order valence-electron chi connectivity index (χ2n) is 6.44. The first-order valence-corrected chi connectivity index (χ1v) is 9.01. The van der Waals surface area contributed by atoms with Gasteiger partial charge in [0.15, 0.2) is 0 Å². The van der Waals surface area contributed by atoms with Gasteiger partial charge in [-0.1, -0.05) is 29.8 Å². The number of carbonyl (C=O) groups excluding carboxylic acids is 2. The Balaban J connectivity index is 1.65. The molecule has 5 nitrogen and oxygen atoms in total. The molecule has 1 saturated heterocycles. The number of hydrogen-bond donors (Lipinski definition) is 2. The Morgan fingerprint density at radius 2 is 1.88 bits per heavy atom. The van der Waals surface area contributed by atoms with Gasteiger partial charge in [-0.25, -0.2) is 0 Å². The molecule has 1 heterocycles. The van der Waals surface area contributed by atoms with Gasteiger partial charge >= 0.3 is 0 Å². The maximum absolute atomic E-state index is 12.6. The van der Waals surface area contributed by atoms with Crippen LogP contribution in [0.15, 0.2) is 48.5 Å². The predicted molar refractivity (Wildman–Crippen MR) is 100 cm³/mol. The van der Waals surface area contributed by atoms with Gasteiger partial charge in [-0.15, -0.1) is 0 Å². The number of hydrogen-bond acceptors (Lipinski definition) is 3. The molecule has 1 aliphatic heterocycles. The van der Waals surface area contributed by atoms with Crippen LogP contribution in [0, 0.1) is 0 Å². The molecule has 1 unspecified atom stereocenters. The number of nitrogens with zero attached hydrogens (tertiary/aromatic N) is 1. The normalized spacial score (nSPS) is 17.0. The number of carbonyl (C=O) groups is 2. The minimum absolute atomic E-state index is 0.156. The van der Waals surface area contributed by atoms with Crippen LogP contribution in [0.5, 0.6) is 0 Å². The molecule has 0 bridgehead atoms. The fourth-order valence-corrected chi connectivity index (χ4v) is 3.13. The average Bonchev–Trinajstić information content (AvgIpc) is 2.67. The second-order valence-corrected chi connectivity index (χ2v) is 6.87. The van der Waals surface area contributed by atoms with Crippen LogP contribution in [0.2, 0.25) is 5.02 Å². The van der Waals surface area contributed by atoms with E-state index in [1.54, 1.807) is 41.3 Å². The first kappa shape index (κ1) is 18.4. The standard InChI is InChI=1S/C20H21ClN2O3/c21-17-8-6-14(7-9-17)12-22-19(25)15-3-1-4-16(11-15)20(26)23-10-2-5-18(24)13-23/h1,3-4,6-9,11,18,24H,2,5,10,12-13H2,(H,22,25). The predicted octanol–water partition coefficient (Wildman–Crippen LogP) is 2.87. The quantitative estimate of drug-likeness (QED) is 0.867. The lowest BCUT2D eigenvalue weighted by molar-refractivity contribution is 0.0473. The smallest absolute Gasteiger partial charge is 0.253 e. The lowest BCUT2D eigenvalue weighted by Crippen LogP contribution is -2.42. The van der Waals surface area contributed by atoms with Crippen LogP contribution in [0.3, 0.4) is 0 Å². The lowest BCUT2D eigenvalue weighted by atomic mass is 10.1. The van der Waals surface area contributed by atoms with E-state index in [0.29, 0.717) is 35.8 Å². The van der Waals surface area contributed by atoms with Gasteiger partial charge < -0.3 is 15.3 Å². The topological polar surface area (TPSA) is 69.6 Å². The minimum atomic E-state index is -0.474. The molecular formula is C20H21ClN2O3. The third-order valence-electron chi connectivity index (χ3n) is 4.42. The number of aliphatic hydroxyl groups is 1. The van der Waals surface area contributed by atoms with Gasteiger partial charge in [0.1, 0.15) is 0 Å². The summed E-state index contributed by atoms with van der Waals surface area (Å²) in [6.45, 7) is 1.35. The summed E-state index contributed by atoms with van der Waals surface area (Å²) >= 11 is 5.85. The summed E-state index contributed by atoms with van der Waals surface area (Å²) in [5.74, 6) is -0.399. The SMILES string of the molecule is O=C(NCc1ccc(Cl)cc1)c1cccc(C(=O)N2CCCC(O)C2)c1. The van der Waals surface area contributed by atoms with Crippen molar-refractivity contribution in [2.24, 2.45) is 0 Å². The van der Waals surface area contributed by atoms with Gasteiger partial charge in [0.05, 0.1) is 6.10 Å². The van der Waals surface area contributed by atoms with Gasteiger partial charge in [0.2, 0.25) is 0 Å². The van der Waals surface area contributed by atoms with E-state index >= 15 is 0 Å². The summed E-state index contributed by atoms with van der Waals surface area (Å²) in [4.78, 5) is 26.6. The van der Waals surface area contributed by atoms with Crippen molar-refractivity contribution in [2.75, 3.05) is 13.1 Å². The van der Waals surface area contributed by atoms with Crippen molar-refractivity contribution in [3.8, 4) is 0 Å². The van der Waals surface area contributed by atoms with Crippen LogP contribution in [-0.4, -0.2) is 41.0 Å². The molecule has 0 radical (unpaired) electrons. The summed E-state index contributed by atoms with van der Waals surface area (Å²) in [5.41, 5.74) is 1.83. The molecule has 2 N–H and O–H groups in total. The van der Waals surface area contributed by atoms with E-state index in [9.17, 15) is 14.7 Å². The van der Waals surface area contributed by atoms with Crippen LogP contribution < -0.4 is 5.32 Å². The molecule has 26 heavy (non-hydrogen) atoms. The maximum atomic E-state index is 12.6. The van der Waals surface area contributed by atoms with Crippen LogP contribution >= 0.6 is 11.6 Å². The number of likely N-dealkylation sites (tertiary alicyclic amines) is 1. The number of aliphatic hydroxyl groups excluding tert-OH is 1. The number of halogens is 1.